The number of allylic oxidation sites excluding steroid dienone is 2. The van der Waals surface area contributed by atoms with Crippen LogP contribution in [-0.4, -0.2) is 0 Å². The Bertz CT molecular complexity index is 676. The van der Waals surface area contributed by atoms with E-state index in [4.69, 9.17) is 5.26 Å². The lowest BCUT2D eigenvalue weighted by molar-refractivity contribution is 0.185. The molecule has 0 aromatic heterocycles. The molecule has 0 heterocycles. The summed E-state index contributed by atoms with van der Waals surface area (Å²) in [6.07, 6.45) is 18.2. The first-order chi connectivity index (χ1) is 13.2. The molecular formula is C25H34FN. The minimum absolute atomic E-state index is 0.142. The molecular weight excluding hydrogens is 333 g/mol. The summed E-state index contributed by atoms with van der Waals surface area (Å²) < 4.78 is 13.7. The maximum absolute atomic E-state index is 13.7. The molecule has 0 N–H and O–H groups in total. The largest absolute Gasteiger partial charge is 0.206 e. The minimum Gasteiger partial charge on any atom is -0.206 e. The number of rotatable bonds is 7. The first-order valence-electron chi connectivity index (χ1n) is 11.1. The average molecular weight is 368 g/mol. The number of hydrogen-bond donors (Lipinski definition) is 0. The Hall–Kier alpha value is -1.62. The molecule has 0 amide bonds. The Balaban J connectivity index is 1.42. The van der Waals surface area contributed by atoms with Gasteiger partial charge in [0.05, 0.1) is 5.56 Å². The van der Waals surface area contributed by atoms with Crippen LogP contribution in [0.25, 0.3) is 0 Å². The van der Waals surface area contributed by atoms with Gasteiger partial charge in [-0.2, -0.15) is 5.26 Å². The second-order valence-corrected chi connectivity index (χ2v) is 8.75. The molecule has 0 bridgehead atoms. The predicted molar refractivity (Wildman–Crippen MR) is 110 cm³/mol. The quantitative estimate of drug-likeness (QED) is 0.462. The van der Waals surface area contributed by atoms with E-state index in [1.807, 2.05) is 12.1 Å². The molecule has 3 rings (SSSR count). The van der Waals surface area contributed by atoms with Gasteiger partial charge in [-0.15, -0.1) is 0 Å². The van der Waals surface area contributed by atoms with Gasteiger partial charge in [0.15, 0.2) is 0 Å². The molecule has 27 heavy (non-hydrogen) atoms. The number of aryl methyl sites for hydroxylation is 1. The summed E-state index contributed by atoms with van der Waals surface area (Å²) >= 11 is 0. The smallest absolute Gasteiger partial charge is 0.141 e. The van der Waals surface area contributed by atoms with Crippen molar-refractivity contribution >= 4 is 0 Å². The topological polar surface area (TPSA) is 23.8 Å². The van der Waals surface area contributed by atoms with E-state index in [0.29, 0.717) is 0 Å². The van der Waals surface area contributed by atoms with Crippen LogP contribution in [-0.2, 0) is 6.42 Å². The van der Waals surface area contributed by atoms with Gasteiger partial charge in [0, 0.05) is 0 Å². The Morgan fingerprint density at radius 3 is 2.52 bits per heavy atom. The summed E-state index contributed by atoms with van der Waals surface area (Å²) in [7, 11) is 0. The zero-order valence-electron chi connectivity index (χ0n) is 16.9. The van der Waals surface area contributed by atoms with Gasteiger partial charge in [-0.1, -0.05) is 56.7 Å². The second kappa shape index (κ2) is 10.1. The molecule has 1 aromatic rings. The molecule has 1 fully saturated rings. The van der Waals surface area contributed by atoms with Crippen LogP contribution in [0.1, 0.15) is 88.7 Å². The summed E-state index contributed by atoms with van der Waals surface area (Å²) in [5.74, 6) is 2.47. The Morgan fingerprint density at radius 1 is 1.07 bits per heavy atom. The Kier molecular flexibility index (Phi) is 7.50. The zero-order chi connectivity index (χ0) is 19.1. The summed E-state index contributed by atoms with van der Waals surface area (Å²) in [6.45, 7) is 2.30. The summed E-state index contributed by atoms with van der Waals surface area (Å²) in [4.78, 5) is 0. The van der Waals surface area contributed by atoms with Gasteiger partial charge in [0.25, 0.3) is 0 Å². The lowest BCUT2D eigenvalue weighted by Crippen LogP contribution is -2.23. The predicted octanol–water partition coefficient (Wildman–Crippen LogP) is 7.35. The van der Waals surface area contributed by atoms with Crippen molar-refractivity contribution in [3.63, 3.8) is 0 Å². The van der Waals surface area contributed by atoms with E-state index in [2.05, 4.69) is 13.0 Å². The van der Waals surface area contributed by atoms with Gasteiger partial charge in [-0.25, -0.2) is 4.39 Å². The number of hydrogen-bond acceptors (Lipinski definition) is 1. The fourth-order valence-electron chi connectivity index (χ4n) is 5.11. The highest BCUT2D eigenvalue weighted by Gasteiger charge is 2.28. The Morgan fingerprint density at radius 2 is 1.89 bits per heavy atom. The normalized spacial score (nSPS) is 25.7. The van der Waals surface area contributed by atoms with E-state index in [9.17, 15) is 4.39 Å². The standard InChI is InChI=1S/C25H34FN/c1-2-3-4-19-7-12-22(13-8-19)23-14-9-20(10-15-23)5-6-21-11-16-24(18-27)25(26)17-21/h9,11,16-17,19,22-23H,2-8,10,12-15H2,1H3. The lowest BCUT2D eigenvalue weighted by atomic mass is 9.70. The van der Waals surface area contributed by atoms with E-state index < -0.39 is 0 Å². The van der Waals surface area contributed by atoms with Crippen LogP contribution in [0.2, 0.25) is 0 Å². The molecule has 2 heteroatoms. The SMILES string of the molecule is CCCCC1CCC(C2CC=C(CCc3ccc(C#N)c(F)c3)CC2)CC1. The highest BCUT2D eigenvalue weighted by molar-refractivity contribution is 5.33. The highest BCUT2D eigenvalue weighted by atomic mass is 19.1. The van der Waals surface area contributed by atoms with E-state index in [0.717, 1.165) is 36.2 Å². The first kappa shape index (κ1) is 20.1. The van der Waals surface area contributed by atoms with Crippen molar-refractivity contribution in [2.24, 2.45) is 17.8 Å². The van der Waals surface area contributed by atoms with Crippen molar-refractivity contribution in [1.29, 1.82) is 5.26 Å². The van der Waals surface area contributed by atoms with E-state index in [1.165, 1.54) is 70.3 Å². The van der Waals surface area contributed by atoms with Gasteiger partial charge in [-0.05, 0) is 80.4 Å². The van der Waals surface area contributed by atoms with Gasteiger partial charge >= 0.3 is 0 Å². The maximum Gasteiger partial charge on any atom is 0.141 e. The Labute approximate surface area is 164 Å². The van der Waals surface area contributed by atoms with Crippen LogP contribution < -0.4 is 0 Å². The fourth-order valence-corrected chi connectivity index (χ4v) is 5.11. The number of unbranched alkanes of at least 4 members (excludes halogenated alkanes) is 1. The van der Waals surface area contributed by atoms with Gasteiger partial charge in [0.2, 0.25) is 0 Å². The second-order valence-electron chi connectivity index (χ2n) is 8.75. The zero-order valence-corrected chi connectivity index (χ0v) is 16.9. The number of nitriles is 1. The van der Waals surface area contributed by atoms with Gasteiger partial charge in [0.1, 0.15) is 11.9 Å². The highest BCUT2D eigenvalue weighted by Crippen LogP contribution is 2.41. The number of halogens is 1. The monoisotopic (exact) mass is 367 g/mol. The molecule has 1 saturated carbocycles. The molecule has 146 valence electrons. The van der Waals surface area contributed by atoms with Gasteiger partial charge < -0.3 is 0 Å². The number of nitrogens with zero attached hydrogens (tertiary/aromatic N) is 1. The van der Waals surface area contributed by atoms with Crippen molar-refractivity contribution < 1.29 is 4.39 Å². The number of benzene rings is 1. The van der Waals surface area contributed by atoms with Crippen LogP contribution in [0.4, 0.5) is 4.39 Å². The van der Waals surface area contributed by atoms with E-state index >= 15 is 0 Å². The van der Waals surface area contributed by atoms with E-state index in [-0.39, 0.29) is 11.4 Å². The minimum atomic E-state index is -0.387. The first-order valence-corrected chi connectivity index (χ1v) is 11.1. The summed E-state index contributed by atoms with van der Waals surface area (Å²) in [5.41, 5.74) is 2.69. The molecule has 1 nitrogen and oxygen atoms in total. The van der Waals surface area contributed by atoms with Crippen LogP contribution >= 0.6 is 0 Å². The third-order valence-corrected chi connectivity index (χ3v) is 6.96. The molecule has 0 radical (unpaired) electrons. The molecule has 0 aliphatic heterocycles. The van der Waals surface area contributed by atoms with Crippen LogP contribution in [0, 0.1) is 34.9 Å². The maximum atomic E-state index is 13.7. The molecule has 2 aliphatic carbocycles. The average Bonchev–Trinajstić information content (AvgIpc) is 2.71. The van der Waals surface area contributed by atoms with Crippen molar-refractivity contribution in [2.45, 2.75) is 84.0 Å². The third kappa shape index (κ3) is 5.68. The summed E-state index contributed by atoms with van der Waals surface area (Å²) in [5, 5.41) is 8.83. The fraction of sp³-hybridized carbons (Fsp3) is 0.640. The van der Waals surface area contributed by atoms with Crippen LogP contribution in [0.5, 0.6) is 0 Å². The van der Waals surface area contributed by atoms with Crippen LogP contribution in [0.15, 0.2) is 29.8 Å². The molecule has 1 aromatic carbocycles. The van der Waals surface area contributed by atoms with Crippen LogP contribution in [0.3, 0.4) is 0 Å². The van der Waals surface area contributed by atoms with Gasteiger partial charge in [-0.3, -0.25) is 0 Å². The molecule has 1 unspecified atom stereocenters. The van der Waals surface area contributed by atoms with Crippen molar-refractivity contribution in [1.82, 2.24) is 0 Å². The van der Waals surface area contributed by atoms with E-state index in [1.54, 1.807) is 11.6 Å². The lowest BCUT2D eigenvalue weighted by Gasteiger charge is -2.35. The molecule has 0 spiro atoms. The molecule has 2 aliphatic rings. The summed E-state index contributed by atoms with van der Waals surface area (Å²) in [6, 6.07) is 6.92. The third-order valence-electron chi connectivity index (χ3n) is 6.96. The van der Waals surface area contributed by atoms with Crippen molar-refractivity contribution in [3.8, 4) is 6.07 Å². The van der Waals surface area contributed by atoms with Crippen molar-refractivity contribution in [3.05, 3.63) is 46.8 Å². The van der Waals surface area contributed by atoms with Crippen molar-refractivity contribution in [2.75, 3.05) is 0 Å². The molecule has 1 atom stereocenters. The molecule has 0 saturated heterocycles.